The topological polar surface area (TPSA) is 56.7 Å². The second-order valence-electron chi connectivity index (χ2n) is 2.65. The van der Waals surface area contributed by atoms with E-state index in [9.17, 15) is 0 Å². The number of aromatic nitrogens is 3. The van der Waals surface area contributed by atoms with Crippen LogP contribution < -0.4 is 5.73 Å². The van der Waals surface area contributed by atoms with Crippen molar-refractivity contribution in [3.8, 4) is 5.69 Å². The SMILES string of the molecule is NCc1ccccc1-n1nccn1. The molecule has 0 aliphatic rings. The largest absolute Gasteiger partial charge is 0.326 e. The van der Waals surface area contributed by atoms with Gasteiger partial charge in [0.2, 0.25) is 0 Å². The molecule has 2 N–H and O–H groups in total. The lowest BCUT2D eigenvalue weighted by molar-refractivity contribution is 0.741. The Morgan fingerprint density at radius 3 is 2.54 bits per heavy atom. The quantitative estimate of drug-likeness (QED) is 0.730. The summed E-state index contributed by atoms with van der Waals surface area (Å²) in [5.74, 6) is 0. The fourth-order valence-electron chi connectivity index (χ4n) is 1.22. The molecule has 0 bridgehead atoms. The smallest absolute Gasteiger partial charge is 0.0901 e. The number of hydrogen-bond donors (Lipinski definition) is 1. The molecular weight excluding hydrogens is 164 g/mol. The van der Waals surface area contributed by atoms with Gasteiger partial charge in [0.15, 0.2) is 0 Å². The van der Waals surface area contributed by atoms with Crippen LogP contribution in [-0.4, -0.2) is 15.0 Å². The molecule has 0 aliphatic heterocycles. The molecule has 2 aromatic rings. The highest BCUT2D eigenvalue weighted by molar-refractivity contribution is 5.38. The van der Waals surface area contributed by atoms with E-state index in [2.05, 4.69) is 10.2 Å². The van der Waals surface area contributed by atoms with Crippen molar-refractivity contribution >= 4 is 0 Å². The second kappa shape index (κ2) is 3.37. The maximum atomic E-state index is 5.59. The molecule has 0 spiro atoms. The van der Waals surface area contributed by atoms with Crippen molar-refractivity contribution in [2.75, 3.05) is 0 Å². The fourth-order valence-corrected chi connectivity index (χ4v) is 1.22. The van der Waals surface area contributed by atoms with Crippen LogP contribution in [-0.2, 0) is 6.54 Å². The highest BCUT2D eigenvalue weighted by Crippen LogP contribution is 2.10. The van der Waals surface area contributed by atoms with Crippen LogP contribution in [0, 0.1) is 0 Å². The van der Waals surface area contributed by atoms with Gasteiger partial charge in [-0.25, -0.2) is 0 Å². The Labute approximate surface area is 76.0 Å². The molecule has 13 heavy (non-hydrogen) atoms. The summed E-state index contributed by atoms with van der Waals surface area (Å²) in [5, 5.41) is 8.09. The third-order valence-electron chi connectivity index (χ3n) is 1.85. The van der Waals surface area contributed by atoms with E-state index >= 15 is 0 Å². The Morgan fingerprint density at radius 1 is 1.15 bits per heavy atom. The normalized spacial score (nSPS) is 10.2. The van der Waals surface area contributed by atoms with Crippen molar-refractivity contribution in [1.82, 2.24) is 15.0 Å². The molecule has 0 amide bonds. The summed E-state index contributed by atoms with van der Waals surface area (Å²) in [6.45, 7) is 0.498. The van der Waals surface area contributed by atoms with Crippen molar-refractivity contribution in [2.45, 2.75) is 6.54 Å². The van der Waals surface area contributed by atoms with Gasteiger partial charge in [0.05, 0.1) is 18.1 Å². The van der Waals surface area contributed by atoms with Crippen LogP contribution in [0.5, 0.6) is 0 Å². The third kappa shape index (κ3) is 1.43. The van der Waals surface area contributed by atoms with Gasteiger partial charge in [-0.15, -0.1) is 0 Å². The van der Waals surface area contributed by atoms with Gasteiger partial charge in [0, 0.05) is 6.54 Å². The lowest BCUT2D eigenvalue weighted by Crippen LogP contribution is -2.06. The van der Waals surface area contributed by atoms with Crippen molar-refractivity contribution < 1.29 is 0 Å². The second-order valence-corrected chi connectivity index (χ2v) is 2.65. The molecule has 2 rings (SSSR count). The molecule has 0 atom stereocenters. The summed E-state index contributed by atoms with van der Waals surface area (Å²) < 4.78 is 0. The number of nitrogens with zero attached hydrogens (tertiary/aromatic N) is 3. The molecular formula is C9H10N4. The molecule has 1 aromatic carbocycles. The highest BCUT2D eigenvalue weighted by Gasteiger charge is 2.01. The summed E-state index contributed by atoms with van der Waals surface area (Å²) in [6.07, 6.45) is 3.29. The zero-order valence-electron chi connectivity index (χ0n) is 7.09. The van der Waals surface area contributed by atoms with Crippen LogP contribution >= 0.6 is 0 Å². The standard InChI is InChI=1S/C9H10N4/c10-7-8-3-1-2-4-9(8)13-11-5-6-12-13/h1-6H,7,10H2. The van der Waals surface area contributed by atoms with E-state index in [4.69, 9.17) is 5.73 Å². The lowest BCUT2D eigenvalue weighted by Gasteiger charge is -2.04. The van der Waals surface area contributed by atoms with E-state index in [1.807, 2.05) is 24.3 Å². The number of rotatable bonds is 2. The molecule has 0 aliphatic carbocycles. The van der Waals surface area contributed by atoms with Crippen molar-refractivity contribution in [3.63, 3.8) is 0 Å². The first kappa shape index (κ1) is 7.94. The van der Waals surface area contributed by atoms with Crippen LogP contribution in [0.25, 0.3) is 5.69 Å². The molecule has 0 fully saturated rings. The van der Waals surface area contributed by atoms with E-state index in [1.165, 1.54) is 0 Å². The predicted octanol–water partition coefficient (Wildman–Crippen LogP) is 0.726. The Kier molecular flexibility index (Phi) is 2.06. The molecule has 1 heterocycles. The maximum absolute atomic E-state index is 5.59. The fraction of sp³-hybridized carbons (Fsp3) is 0.111. The van der Waals surface area contributed by atoms with Crippen LogP contribution in [0.1, 0.15) is 5.56 Å². The average molecular weight is 174 g/mol. The number of benzene rings is 1. The Balaban J connectivity index is 2.51. The predicted molar refractivity (Wildman–Crippen MR) is 49.3 cm³/mol. The first-order chi connectivity index (χ1) is 6.42. The first-order valence-corrected chi connectivity index (χ1v) is 4.06. The Hall–Kier alpha value is -1.68. The van der Waals surface area contributed by atoms with Crippen molar-refractivity contribution in [2.24, 2.45) is 5.73 Å². The first-order valence-electron chi connectivity index (χ1n) is 4.06. The Bertz CT molecular complexity index is 380. The minimum atomic E-state index is 0.498. The zero-order chi connectivity index (χ0) is 9.10. The van der Waals surface area contributed by atoms with Crippen LogP contribution in [0.4, 0.5) is 0 Å². The summed E-state index contributed by atoms with van der Waals surface area (Å²) in [6, 6.07) is 7.81. The van der Waals surface area contributed by atoms with Gasteiger partial charge in [-0.2, -0.15) is 15.0 Å². The van der Waals surface area contributed by atoms with Gasteiger partial charge >= 0.3 is 0 Å². The Morgan fingerprint density at radius 2 is 1.85 bits per heavy atom. The van der Waals surface area contributed by atoms with Crippen LogP contribution in [0.3, 0.4) is 0 Å². The number of para-hydroxylation sites is 1. The third-order valence-corrected chi connectivity index (χ3v) is 1.85. The van der Waals surface area contributed by atoms with Gasteiger partial charge in [-0.1, -0.05) is 18.2 Å². The van der Waals surface area contributed by atoms with E-state index in [0.29, 0.717) is 6.54 Å². The van der Waals surface area contributed by atoms with Gasteiger partial charge in [-0.3, -0.25) is 0 Å². The maximum Gasteiger partial charge on any atom is 0.0901 e. The summed E-state index contributed by atoms with van der Waals surface area (Å²) in [7, 11) is 0. The highest BCUT2D eigenvalue weighted by atomic mass is 15.5. The minimum absolute atomic E-state index is 0.498. The number of hydrogen-bond acceptors (Lipinski definition) is 3. The van der Waals surface area contributed by atoms with Crippen LogP contribution in [0.15, 0.2) is 36.7 Å². The summed E-state index contributed by atoms with van der Waals surface area (Å²) in [4.78, 5) is 1.57. The van der Waals surface area contributed by atoms with Gasteiger partial charge in [0.1, 0.15) is 0 Å². The molecule has 0 unspecified atom stereocenters. The molecule has 0 radical (unpaired) electrons. The summed E-state index contributed by atoms with van der Waals surface area (Å²) in [5.41, 5.74) is 7.57. The summed E-state index contributed by atoms with van der Waals surface area (Å²) >= 11 is 0. The van der Waals surface area contributed by atoms with E-state index < -0.39 is 0 Å². The average Bonchev–Trinajstić information content (AvgIpc) is 2.70. The number of nitrogens with two attached hydrogens (primary N) is 1. The monoisotopic (exact) mass is 174 g/mol. The molecule has 1 aromatic heterocycles. The van der Waals surface area contributed by atoms with E-state index in [-0.39, 0.29) is 0 Å². The molecule has 0 saturated heterocycles. The lowest BCUT2D eigenvalue weighted by atomic mass is 10.2. The van der Waals surface area contributed by atoms with E-state index in [1.54, 1.807) is 17.2 Å². The van der Waals surface area contributed by atoms with Crippen molar-refractivity contribution in [1.29, 1.82) is 0 Å². The van der Waals surface area contributed by atoms with Crippen LogP contribution in [0.2, 0.25) is 0 Å². The van der Waals surface area contributed by atoms with E-state index in [0.717, 1.165) is 11.3 Å². The van der Waals surface area contributed by atoms with Gasteiger partial charge in [-0.05, 0) is 11.6 Å². The molecule has 66 valence electrons. The molecule has 4 heteroatoms. The van der Waals surface area contributed by atoms with Gasteiger partial charge < -0.3 is 5.73 Å². The molecule has 4 nitrogen and oxygen atoms in total. The molecule has 0 saturated carbocycles. The van der Waals surface area contributed by atoms with Gasteiger partial charge in [0.25, 0.3) is 0 Å². The van der Waals surface area contributed by atoms with Crippen molar-refractivity contribution in [3.05, 3.63) is 42.2 Å². The zero-order valence-corrected chi connectivity index (χ0v) is 7.09. The minimum Gasteiger partial charge on any atom is -0.326 e.